The van der Waals surface area contributed by atoms with E-state index in [-0.39, 0.29) is 5.41 Å². The summed E-state index contributed by atoms with van der Waals surface area (Å²) in [5.74, 6) is 0.345. The molecule has 0 amide bonds. The lowest BCUT2D eigenvalue weighted by atomic mass is 9.65. The lowest BCUT2D eigenvalue weighted by Crippen LogP contribution is -2.39. The number of nitrogens with one attached hydrogen (secondary N) is 1. The lowest BCUT2D eigenvalue weighted by Gasteiger charge is -2.41. The van der Waals surface area contributed by atoms with Crippen molar-refractivity contribution in [1.29, 1.82) is 0 Å². The molecular formula is C20H22BrClN2. The van der Waals surface area contributed by atoms with Gasteiger partial charge in [0.05, 0.1) is 5.69 Å². The smallest absolute Gasteiger partial charge is 0.0516 e. The molecule has 126 valence electrons. The van der Waals surface area contributed by atoms with Crippen molar-refractivity contribution in [2.45, 2.75) is 38.5 Å². The number of hydrogen-bond acceptors (Lipinski definition) is 2. The molecule has 0 radical (unpaired) electrons. The molecule has 1 aromatic carbocycles. The number of rotatable bonds is 1. The molecule has 4 heteroatoms. The number of pyridine rings is 1. The van der Waals surface area contributed by atoms with E-state index in [9.17, 15) is 0 Å². The van der Waals surface area contributed by atoms with Gasteiger partial charge in [-0.3, -0.25) is 4.98 Å². The Balaban J connectivity index is 1.92. The second-order valence-corrected chi connectivity index (χ2v) is 8.73. The van der Waals surface area contributed by atoms with Crippen molar-refractivity contribution in [3.8, 4) is 0 Å². The highest BCUT2D eigenvalue weighted by molar-refractivity contribution is 9.10. The van der Waals surface area contributed by atoms with Crippen LogP contribution in [0.2, 0.25) is 5.02 Å². The topological polar surface area (TPSA) is 24.9 Å². The van der Waals surface area contributed by atoms with Gasteiger partial charge in [0.25, 0.3) is 0 Å². The Labute approximate surface area is 157 Å². The Morgan fingerprint density at radius 1 is 1.17 bits per heavy atom. The van der Waals surface area contributed by atoms with Crippen LogP contribution >= 0.6 is 27.5 Å². The third-order valence-electron chi connectivity index (χ3n) is 5.76. The van der Waals surface area contributed by atoms with E-state index in [1.165, 1.54) is 35.2 Å². The molecule has 0 bridgehead atoms. The Kier molecular flexibility index (Phi) is 4.44. The summed E-state index contributed by atoms with van der Waals surface area (Å²) >= 11 is 9.90. The molecule has 24 heavy (non-hydrogen) atoms. The lowest BCUT2D eigenvalue weighted by molar-refractivity contribution is 0.197. The largest absolute Gasteiger partial charge is 0.317 e. The summed E-state index contributed by atoms with van der Waals surface area (Å²) in [6.45, 7) is 4.61. The van der Waals surface area contributed by atoms with Crippen LogP contribution in [0.3, 0.4) is 0 Å². The van der Waals surface area contributed by atoms with Crippen molar-refractivity contribution in [1.82, 2.24) is 10.3 Å². The standard InChI is InChI=1S/C20H22BrClN2/c1-20(6-8-23-9-7-20)18-17-5-4-16(22)11-13(17)2-3-14-10-15(21)12-24-19(14)18/h4-5,10-12,18,23H,2-3,6-9H2,1H3. The van der Waals surface area contributed by atoms with Gasteiger partial charge in [-0.05, 0) is 95.0 Å². The van der Waals surface area contributed by atoms with E-state index < -0.39 is 0 Å². The molecule has 1 N–H and O–H groups in total. The van der Waals surface area contributed by atoms with E-state index in [4.69, 9.17) is 16.6 Å². The average molecular weight is 406 g/mol. The number of fused-ring (bicyclic) bond motifs is 2. The van der Waals surface area contributed by atoms with Gasteiger partial charge < -0.3 is 5.32 Å². The SMILES string of the molecule is CC1(C2c3ccc(Cl)cc3CCc3cc(Br)cnc32)CCNCC1. The zero-order chi connectivity index (χ0) is 16.7. The van der Waals surface area contributed by atoms with Crippen molar-refractivity contribution < 1.29 is 0 Å². The second-order valence-electron chi connectivity index (χ2n) is 7.38. The molecule has 1 aliphatic heterocycles. The predicted molar refractivity (Wildman–Crippen MR) is 103 cm³/mol. The van der Waals surface area contributed by atoms with Crippen LogP contribution in [-0.2, 0) is 12.8 Å². The summed E-state index contributed by atoms with van der Waals surface area (Å²) in [5, 5.41) is 4.35. The summed E-state index contributed by atoms with van der Waals surface area (Å²) in [6.07, 6.45) is 6.37. The number of halogens is 2. The maximum Gasteiger partial charge on any atom is 0.0516 e. The maximum atomic E-state index is 6.30. The first-order valence-corrected chi connectivity index (χ1v) is 9.87. The fraction of sp³-hybridized carbons (Fsp3) is 0.450. The van der Waals surface area contributed by atoms with Crippen LogP contribution in [0, 0.1) is 5.41 Å². The first kappa shape index (κ1) is 16.6. The summed E-state index contributed by atoms with van der Waals surface area (Å²) < 4.78 is 1.07. The minimum Gasteiger partial charge on any atom is -0.317 e. The van der Waals surface area contributed by atoms with Crippen molar-refractivity contribution in [2.75, 3.05) is 13.1 Å². The summed E-state index contributed by atoms with van der Waals surface area (Å²) in [5.41, 5.74) is 5.69. The van der Waals surface area contributed by atoms with Crippen molar-refractivity contribution >= 4 is 27.5 Å². The number of aryl methyl sites for hydroxylation is 2. The molecule has 1 atom stereocenters. The first-order chi connectivity index (χ1) is 11.6. The van der Waals surface area contributed by atoms with Gasteiger partial charge in [0, 0.05) is 21.6 Å². The number of piperidine rings is 1. The highest BCUT2D eigenvalue weighted by atomic mass is 79.9. The van der Waals surface area contributed by atoms with Gasteiger partial charge in [0.2, 0.25) is 0 Å². The van der Waals surface area contributed by atoms with Crippen LogP contribution in [0.4, 0.5) is 0 Å². The van der Waals surface area contributed by atoms with Crippen molar-refractivity contribution in [3.63, 3.8) is 0 Å². The minimum absolute atomic E-state index is 0.230. The zero-order valence-electron chi connectivity index (χ0n) is 13.9. The third kappa shape index (κ3) is 2.91. The van der Waals surface area contributed by atoms with Crippen LogP contribution in [0.1, 0.15) is 48.1 Å². The molecule has 2 heterocycles. The molecule has 1 fully saturated rings. The fourth-order valence-electron chi connectivity index (χ4n) is 4.43. The maximum absolute atomic E-state index is 6.30. The average Bonchev–Trinajstić information content (AvgIpc) is 2.72. The van der Waals surface area contributed by atoms with Gasteiger partial charge in [0.1, 0.15) is 0 Å². The molecular weight excluding hydrogens is 384 g/mol. The zero-order valence-corrected chi connectivity index (χ0v) is 16.3. The molecule has 1 saturated heterocycles. The molecule has 4 rings (SSSR count). The number of hydrogen-bond donors (Lipinski definition) is 1. The van der Waals surface area contributed by atoms with Gasteiger partial charge in [0.15, 0.2) is 0 Å². The van der Waals surface area contributed by atoms with Crippen molar-refractivity contribution in [3.05, 3.63) is 62.3 Å². The van der Waals surface area contributed by atoms with E-state index in [0.717, 1.165) is 35.4 Å². The summed E-state index contributed by atoms with van der Waals surface area (Å²) in [4.78, 5) is 4.90. The van der Waals surface area contributed by atoms with Crippen LogP contribution in [0.25, 0.3) is 0 Å². The molecule has 2 aliphatic rings. The molecule has 2 nitrogen and oxygen atoms in total. The van der Waals surface area contributed by atoms with Gasteiger partial charge >= 0.3 is 0 Å². The van der Waals surface area contributed by atoms with Crippen molar-refractivity contribution in [2.24, 2.45) is 5.41 Å². The van der Waals surface area contributed by atoms with Crippen LogP contribution in [0.15, 0.2) is 34.9 Å². The second kappa shape index (κ2) is 6.44. The molecule has 1 aromatic heterocycles. The van der Waals surface area contributed by atoms with E-state index in [1.807, 2.05) is 12.3 Å². The highest BCUT2D eigenvalue weighted by Crippen LogP contribution is 2.49. The Bertz CT molecular complexity index is 715. The van der Waals surface area contributed by atoms with Gasteiger partial charge in [-0.15, -0.1) is 0 Å². The Hall–Kier alpha value is -0.900. The molecule has 1 aliphatic carbocycles. The fourth-order valence-corrected chi connectivity index (χ4v) is 5.01. The Morgan fingerprint density at radius 3 is 2.71 bits per heavy atom. The molecule has 0 saturated carbocycles. The van der Waals surface area contributed by atoms with Gasteiger partial charge in [-0.1, -0.05) is 24.6 Å². The first-order valence-electron chi connectivity index (χ1n) is 8.70. The number of aromatic nitrogens is 1. The van der Waals surface area contributed by atoms with Crippen LogP contribution < -0.4 is 5.32 Å². The number of benzene rings is 1. The van der Waals surface area contributed by atoms with Crippen LogP contribution in [-0.4, -0.2) is 18.1 Å². The van der Waals surface area contributed by atoms with E-state index >= 15 is 0 Å². The van der Waals surface area contributed by atoms with E-state index in [1.54, 1.807) is 0 Å². The van der Waals surface area contributed by atoms with E-state index in [0.29, 0.717) is 5.92 Å². The van der Waals surface area contributed by atoms with Gasteiger partial charge in [-0.25, -0.2) is 0 Å². The molecule has 1 unspecified atom stereocenters. The quantitative estimate of drug-likeness (QED) is 0.712. The summed E-state index contributed by atoms with van der Waals surface area (Å²) in [7, 11) is 0. The minimum atomic E-state index is 0.230. The normalized spacial score (nSPS) is 22.4. The number of nitrogens with zero attached hydrogens (tertiary/aromatic N) is 1. The molecule has 0 spiro atoms. The monoisotopic (exact) mass is 404 g/mol. The van der Waals surface area contributed by atoms with Gasteiger partial charge in [-0.2, -0.15) is 0 Å². The van der Waals surface area contributed by atoms with E-state index in [2.05, 4.69) is 46.4 Å². The summed E-state index contributed by atoms with van der Waals surface area (Å²) in [6, 6.07) is 8.71. The predicted octanol–water partition coefficient (Wildman–Crippen LogP) is 5.12. The third-order valence-corrected chi connectivity index (χ3v) is 6.43. The molecule has 2 aromatic rings. The Morgan fingerprint density at radius 2 is 1.92 bits per heavy atom. The van der Waals surface area contributed by atoms with Crippen LogP contribution in [0.5, 0.6) is 0 Å². The highest BCUT2D eigenvalue weighted by Gasteiger charge is 2.41.